The summed E-state index contributed by atoms with van der Waals surface area (Å²) < 4.78 is 5.36. The standard InChI is InChI=1S/C20H25N3O4/c1-27-17-6-4-5-16(12-17)19(22-9-2-3-10-22)14-21-13-15-7-8-20(24)18(11-15)23(25)26/h4-8,11-12,19,21,24H,2-3,9-10,13-14H2,1H3. The molecule has 7 heteroatoms. The van der Waals surface area contributed by atoms with Gasteiger partial charge in [0.2, 0.25) is 0 Å². The number of benzene rings is 2. The van der Waals surface area contributed by atoms with Gasteiger partial charge < -0.3 is 15.2 Å². The van der Waals surface area contributed by atoms with E-state index in [2.05, 4.69) is 22.3 Å². The largest absolute Gasteiger partial charge is 0.502 e. The van der Waals surface area contributed by atoms with Crippen molar-refractivity contribution in [3.63, 3.8) is 0 Å². The Morgan fingerprint density at radius 3 is 2.74 bits per heavy atom. The van der Waals surface area contributed by atoms with Crippen molar-refractivity contribution in [3.05, 3.63) is 63.7 Å². The molecule has 1 unspecified atom stereocenters. The number of aromatic hydroxyl groups is 1. The fourth-order valence-electron chi connectivity index (χ4n) is 3.54. The first kappa shape index (κ1) is 19.1. The molecular weight excluding hydrogens is 346 g/mol. The van der Waals surface area contributed by atoms with Crippen molar-refractivity contribution in [1.82, 2.24) is 10.2 Å². The predicted octanol–water partition coefficient (Wildman–Crippen LogP) is 3.24. The molecule has 1 heterocycles. The van der Waals surface area contributed by atoms with Gasteiger partial charge in [-0.2, -0.15) is 0 Å². The van der Waals surface area contributed by atoms with Gasteiger partial charge in [0.25, 0.3) is 0 Å². The highest BCUT2D eigenvalue weighted by Gasteiger charge is 2.23. The summed E-state index contributed by atoms with van der Waals surface area (Å²) in [4.78, 5) is 12.9. The molecule has 27 heavy (non-hydrogen) atoms. The van der Waals surface area contributed by atoms with Gasteiger partial charge in [0.05, 0.1) is 12.0 Å². The Kier molecular flexibility index (Phi) is 6.26. The van der Waals surface area contributed by atoms with Crippen LogP contribution in [-0.2, 0) is 6.54 Å². The quantitative estimate of drug-likeness (QED) is 0.547. The van der Waals surface area contributed by atoms with Crippen molar-refractivity contribution in [2.75, 3.05) is 26.7 Å². The summed E-state index contributed by atoms with van der Waals surface area (Å²) in [6.45, 7) is 3.35. The van der Waals surface area contributed by atoms with Crippen LogP contribution in [0, 0.1) is 10.1 Å². The molecule has 1 fully saturated rings. The molecule has 0 radical (unpaired) electrons. The topological polar surface area (TPSA) is 87.9 Å². The van der Waals surface area contributed by atoms with Crippen LogP contribution in [0.4, 0.5) is 5.69 Å². The molecule has 2 aromatic carbocycles. The van der Waals surface area contributed by atoms with E-state index in [0.29, 0.717) is 6.54 Å². The zero-order chi connectivity index (χ0) is 19.2. The van der Waals surface area contributed by atoms with Gasteiger partial charge in [-0.25, -0.2) is 0 Å². The minimum atomic E-state index is -0.567. The van der Waals surface area contributed by atoms with E-state index in [1.54, 1.807) is 13.2 Å². The molecule has 2 aromatic rings. The Bertz CT molecular complexity index is 791. The van der Waals surface area contributed by atoms with Gasteiger partial charge in [0.15, 0.2) is 5.75 Å². The molecule has 0 aromatic heterocycles. The van der Waals surface area contributed by atoms with Crippen LogP contribution in [0.25, 0.3) is 0 Å². The van der Waals surface area contributed by atoms with Crippen LogP contribution in [0.5, 0.6) is 11.5 Å². The highest BCUT2D eigenvalue weighted by Crippen LogP contribution is 2.28. The molecule has 1 aliphatic heterocycles. The maximum Gasteiger partial charge on any atom is 0.311 e. The predicted molar refractivity (Wildman–Crippen MR) is 103 cm³/mol. The Balaban J connectivity index is 1.70. The summed E-state index contributed by atoms with van der Waals surface area (Å²) in [7, 11) is 1.67. The summed E-state index contributed by atoms with van der Waals surface area (Å²) in [6.07, 6.45) is 2.40. The van der Waals surface area contributed by atoms with Crippen LogP contribution in [0.3, 0.4) is 0 Å². The maximum atomic E-state index is 11.0. The number of nitrogens with zero attached hydrogens (tertiary/aromatic N) is 2. The molecule has 2 N–H and O–H groups in total. The Labute approximate surface area is 158 Å². The summed E-state index contributed by atoms with van der Waals surface area (Å²) >= 11 is 0. The van der Waals surface area contributed by atoms with E-state index in [0.717, 1.165) is 30.9 Å². The van der Waals surface area contributed by atoms with E-state index in [9.17, 15) is 15.2 Å². The van der Waals surface area contributed by atoms with E-state index in [4.69, 9.17) is 4.74 Å². The van der Waals surface area contributed by atoms with Crippen LogP contribution in [-0.4, -0.2) is 41.7 Å². The zero-order valence-corrected chi connectivity index (χ0v) is 15.4. The van der Waals surface area contributed by atoms with Crippen molar-refractivity contribution in [3.8, 4) is 11.5 Å². The Hall–Kier alpha value is -2.64. The second-order valence-electron chi connectivity index (χ2n) is 6.75. The minimum absolute atomic E-state index is 0.217. The summed E-state index contributed by atoms with van der Waals surface area (Å²) in [5.41, 5.74) is 1.70. The molecule has 0 bridgehead atoms. The second-order valence-corrected chi connectivity index (χ2v) is 6.75. The number of nitrogens with one attached hydrogen (secondary N) is 1. The molecule has 7 nitrogen and oxygen atoms in total. The third-order valence-corrected chi connectivity index (χ3v) is 4.96. The first-order valence-corrected chi connectivity index (χ1v) is 9.13. The van der Waals surface area contributed by atoms with Crippen molar-refractivity contribution < 1.29 is 14.8 Å². The van der Waals surface area contributed by atoms with E-state index in [1.165, 1.54) is 30.5 Å². The fourth-order valence-corrected chi connectivity index (χ4v) is 3.54. The number of hydrogen-bond acceptors (Lipinski definition) is 6. The Morgan fingerprint density at radius 2 is 2.04 bits per heavy atom. The van der Waals surface area contributed by atoms with Crippen molar-refractivity contribution in [2.24, 2.45) is 0 Å². The average Bonchev–Trinajstić information content (AvgIpc) is 3.20. The number of phenols is 1. The Morgan fingerprint density at radius 1 is 1.26 bits per heavy atom. The van der Waals surface area contributed by atoms with Gasteiger partial charge in [-0.05, 0) is 55.3 Å². The molecule has 3 rings (SSSR count). The van der Waals surface area contributed by atoms with E-state index < -0.39 is 4.92 Å². The maximum absolute atomic E-state index is 11.0. The van der Waals surface area contributed by atoms with Gasteiger partial charge in [-0.15, -0.1) is 0 Å². The van der Waals surface area contributed by atoms with Crippen LogP contribution in [0.15, 0.2) is 42.5 Å². The van der Waals surface area contributed by atoms with Gasteiger partial charge in [0.1, 0.15) is 5.75 Å². The van der Waals surface area contributed by atoms with E-state index in [1.807, 2.05) is 12.1 Å². The number of nitro benzene ring substituents is 1. The third-order valence-electron chi connectivity index (χ3n) is 4.96. The molecule has 0 saturated carbocycles. The van der Waals surface area contributed by atoms with Gasteiger partial charge >= 0.3 is 5.69 Å². The number of hydrogen-bond donors (Lipinski definition) is 2. The highest BCUT2D eigenvalue weighted by molar-refractivity contribution is 5.47. The number of methoxy groups -OCH3 is 1. The van der Waals surface area contributed by atoms with Crippen molar-refractivity contribution in [2.45, 2.75) is 25.4 Å². The molecule has 0 aliphatic carbocycles. The molecule has 1 aliphatic rings. The zero-order valence-electron chi connectivity index (χ0n) is 15.4. The van der Waals surface area contributed by atoms with E-state index in [-0.39, 0.29) is 17.5 Å². The van der Waals surface area contributed by atoms with Gasteiger partial charge in [0, 0.05) is 25.2 Å². The average molecular weight is 371 g/mol. The first-order chi connectivity index (χ1) is 13.1. The minimum Gasteiger partial charge on any atom is -0.502 e. The van der Waals surface area contributed by atoms with Crippen molar-refractivity contribution in [1.29, 1.82) is 0 Å². The lowest BCUT2D eigenvalue weighted by molar-refractivity contribution is -0.385. The molecule has 1 atom stereocenters. The molecular formula is C20H25N3O4. The second kappa shape index (κ2) is 8.83. The monoisotopic (exact) mass is 371 g/mol. The summed E-state index contributed by atoms with van der Waals surface area (Å²) in [6, 6.07) is 12.8. The number of nitro groups is 1. The third kappa shape index (κ3) is 4.75. The lowest BCUT2D eigenvalue weighted by atomic mass is 10.0. The molecule has 144 valence electrons. The highest BCUT2D eigenvalue weighted by atomic mass is 16.6. The number of rotatable bonds is 8. The number of phenolic OH excluding ortho intramolecular Hbond substituents is 1. The molecule has 1 saturated heterocycles. The van der Waals surface area contributed by atoms with Crippen molar-refractivity contribution >= 4 is 5.69 Å². The lowest BCUT2D eigenvalue weighted by Crippen LogP contribution is -2.34. The van der Waals surface area contributed by atoms with E-state index >= 15 is 0 Å². The van der Waals surface area contributed by atoms with Gasteiger partial charge in [-0.3, -0.25) is 15.0 Å². The smallest absolute Gasteiger partial charge is 0.311 e. The summed E-state index contributed by atoms with van der Waals surface area (Å²) in [5, 5.41) is 24.0. The first-order valence-electron chi connectivity index (χ1n) is 9.13. The SMILES string of the molecule is COc1cccc(C(CNCc2ccc(O)c([N+](=O)[O-])c2)N2CCCC2)c1. The number of ether oxygens (including phenoxy) is 1. The molecule has 0 spiro atoms. The van der Waals surface area contributed by atoms with Gasteiger partial charge in [-0.1, -0.05) is 18.2 Å². The number of likely N-dealkylation sites (tertiary alicyclic amines) is 1. The lowest BCUT2D eigenvalue weighted by Gasteiger charge is -2.28. The summed E-state index contributed by atoms with van der Waals surface area (Å²) in [5.74, 6) is 0.529. The van der Waals surface area contributed by atoms with Crippen LogP contribution < -0.4 is 10.1 Å². The van der Waals surface area contributed by atoms with Crippen LogP contribution in [0.1, 0.15) is 30.0 Å². The van der Waals surface area contributed by atoms with Crippen LogP contribution >= 0.6 is 0 Å². The van der Waals surface area contributed by atoms with Crippen LogP contribution in [0.2, 0.25) is 0 Å². The normalized spacial score (nSPS) is 15.6. The molecule has 0 amide bonds. The fraction of sp³-hybridized carbons (Fsp3) is 0.400.